The number of benzene rings is 2. The van der Waals surface area contributed by atoms with Gasteiger partial charge in [-0.05, 0) is 30.2 Å². The number of nitro groups is 1. The molecular formula is C17H22IN5O4S. The number of nitro benzene ring substituents is 1. The Hall–Kier alpha value is -2.25. The van der Waals surface area contributed by atoms with E-state index < -0.39 is 14.9 Å². The number of nitrogens with two attached hydrogens (primary N) is 1. The number of rotatable bonds is 8. The van der Waals surface area contributed by atoms with Crippen LogP contribution in [0.5, 0.6) is 0 Å². The fourth-order valence-electron chi connectivity index (χ4n) is 2.22. The first-order valence-corrected chi connectivity index (χ1v) is 9.70. The molecule has 28 heavy (non-hydrogen) atoms. The van der Waals surface area contributed by atoms with Crippen LogP contribution in [0.2, 0.25) is 0 Å². The van der Waals surface area contributed by atoms with Gasteiger partial charge in [-0.3, -0.25) is 15.1 Å². The smallest absolute Gasteiger partial charge is 0.270 e. The molecule has 0 unspecified atom stereocenters. The summed E-state index contributed by atoms with van der Waals surface area (Å²) >= 11 is 0. The van der Waals surface area contributed by atoms with Gasteiger partial charge >= 0.3 is 0 Å². The molecule has 0 aliphatic rings. The minimum absolute atomic E-state index is 0. The van der Waals surface area contributed by atoms with E-state index >= 15 is 0 Å². The molecule has 0 spiro atoms. The lowest BCUT2D eigenvalue weighted by Gasteiger charge is -2.07. The highest BCUT2D eigenvalue weighted by molar-refractivity contribution is 14.0. The minimum Gasteiger partial charge on any atom is -0.370 e. The van der Waals surface area contributed by atoms with E-state index in [1.807, 2.05) is 24.3 Å². The summed E-state index contributed by atoms with van der Waals surface area (Å²) in [5, 5.41) is 13.7. The fourth-order valence-corrected chi connectivity index (χ4v) is 3.28. The Bertz CT molecular complexity index is 933. The number of anilines is 1. The van der Waals surface area contributed by atoms with E-state index in [4.69, 9.17) is 5.73 Å². The van der Waals surface area contributed by atoms with Gasteiger partial charge in [0, 0.05) is 24.4 Å². The van der Waals surface area contributed by atoms with Gasteiger partial charge in [0.05, 0.1) is 16.4 Å². The molecule has 0 aliphatic heterocycles. The molecule has 2 aromatic carbocycles. The van der Waals surface area contributed by atoms with Crippen molar-refractivity contribution >= 4 is 51.3 Å². The highest BCUT2D eigenvalue weighted by Crippen LogP contribution is 2.16. The van der Waals surface area contributed by atoms with Gasteiger partial charge in [-0.2, -0.15) is 0 Å². The van der Waals surface area contributed by atoms with E-state index in [1.165, 1.54) is 23.8 Å². The molecule has 0 fully saturated rings. The number of aryl methyl sites for hydroxylation is 1. The molecule has 0 heterocycles. The van der Waals surface area contributed by atoms with Crippen molar-refractivity contribution in [2.75, 3.05) is 18.4 Å². The largest absolute Gasteiger partial charge is 0.370 e. The molecule has 11 heteroatoms. The maximum Gasteiger partial charge on any atom is 0.270 e. The van der Waals surface area contributed by atoms with Gasteiger partial charge in [0.1, 0.15) is 0 Å². The Kier molecular flexibility index (Phi) is 9.28. The number of aliphatic imine (C=N–C) groups is 1. The first-order valence-electron chi connectivity index (χ1n) is 8.22. The van der Waals surface area contributed by atoms with Gasteiger partial charge in [-0.1, -0.05) is 25.1 Å². The van der Waals surface area contributed by atoms with Crippen molar-refractivity contribution < 1.29 is 13.3 Å². The van der Waals surface area contributed by atoms with Gasteiger partial charge < -0.3 is 11.1 Å². The first-order chi connectivity index (χ1) is 12.8. The van der Waals surface area contributed by atoms with Gasteiger partial charge in [-0.15, -0.1) is 24.0 Å². The minimum atomic E-state index is -3.87. The summed E-state index contributed by atoms with van der Waals surface area (Å²) in [7, 11) is -3.87. The second-order valence-electron chi connectivity index (χ2n) is 5.59. The summed E-state index contributed by atoms with van der Waals surface area (Å²) in [6.07, 6.45) is 0.939. The topological polar surface area (TPSA) is 140 Å². The van der Waals surface area contributed by atoms with Crippen LogP contribution in [0.4, 0.5) is 11.4 Å². The normalized spacial score (nSPS) is 11.5. The molecule has 9 nitrogen and oxygen atoms in total. The summed E-state index contributed by atoms with van der Waals surface area (Å²) in [6, 6.07) is 12.5. The summed E-state index contributed by atoms with van der Waals surface area (Å²) in [5.41, 5.74) is 7.47. The van der Waals surface area contributed by atoms with Crippen LogP contribution in [0.25, 0.3) is 0 Å². The SMILES string of the molecule is CCc1ccc(NC(N)=NCCNS(=O)(=O)c2cccc([N+](=O)[O-])c2)cc1.I. The molecule has 0 aliphatic carbocycles. The highest BCUT2D eigenvalue weighted by atomic mass is 127. The quantitative estimate of drug-likeness (QED) is 0.122. The predicted octanol–water partition coefficient (Wildman–Crippen LogP) is 2.48. The van der Waals surface area contributed by atoms with Gasteiger partial charge in [0.2, 0.25) is 10.0 Å². The Morgan fingerprint density at radius 1 is 1.21 bits per heavy atom. The third kappa shape index (κ3) is 7.05. The van der Waals surface area contributed by atoms with Crippen molar-refractivity contribution in [1.82, 2.24) is 4.72 Å². The monoisotopic (exact) mass is 519 g/mol. The second kappa shape index (κ2) is 10.9. The molecule has 0 saturated carbocycles. The maximum atomic E-state index is 12.2. The highest BCUT2D eigenvalue weighted by Gasteiger charge is 2.16. The molecule has 2 rings (SSSR count). The van der Waals surface area contributed by atoms with Crippen molar-refractivity contribution in [3.63, 3.8) is 0 Å². The fraction of sp³-hybridized carbons (Fsp3) is 0.235. The Balaban J connectivity index is 0.00000392. The Morgan fingerprint density at radius 3 is 2.50 bits per heavy atom. The summed E-state index contributed by atoms with van der Waals surface area (Å²) in [5.74, 6) is 0.161. The summed E-state index contributed by atoms with van der Waals surface area (Å²) < 4.78 is 26.7. The lowest BCUT2D eigenvalue weighted by molar-refractivity contribution is -0.385. The second-order valence-corrected chi connectivity index (χ2v) is 7.36. The number of hydrogen-bond donors (Lipinski definition) is 3. The summed E-state index contributed by atoms with van der Waals surface area (Å²) in [6.45, 7) is 2.18. The summed E-state index contributed by atoms with van der Waals surface area (Å²) in [4.78, 5) is 14.0. The molecule has 0 saturated heterocycles. The van der Waals surface area contributed by atoms with Crippen LogP contribution in [0.1, 0.15) is 12.5 Å². The van der Waals surface area contributed by atoms with Crippen LogP contribution in [0.3, 0.4) is 0 Å². The van der Waals surface area contributed by atoms with Crippen molar-refractivity contribution in [2.24, 2.45) is 10.7 Å². The molecule has 0 radical (unpaired) electrons. The number of halogens is 1. The standard InChI is InChI=1S/C17H21N5O4S.HI/c1-2-13-6-8-14(9-7-13)21-17(18)19-10-11-20-27(25,26)16-5-3-4-15(12-16)22(23)24;/h3-9,12,20H,2,10-11H2,1H3,(H3,18,19,21);1H. The lowest BCUT2D eigenvalue weighted by atomic mass is 10.1. The Labute approximate surface area is 180 Å². The zero-order valence-electron chi connectivity index (χ0n) is 15.2. The molecule has 0 atom stereocenters. The number of non-ortho nitro benzene ring substituents is 1. The van der Waals surface area contributed by atoms with E-state index in [9.17, 15) is 18.5 Å². The van der Waals surface area contributed by atoms with Crippen molar-refractivity contribution in [2.45, 2.75) is 18.2 Å². The third-order valence-corrected chi connectivity index (χ3v) is 5.12. The molecule has 0 bridgehead atoms. The number of nitrogens with one attached hydrogen (secondary N) is 2. The molecule has 0 amide bonds. The molecule has 152 valence electrons. The van der Waals surface area contributed by atoms with E-state index in [1.54, 1.807) is 0 Å². The molecule has 0 aromatic heterocycles. The zero-order valence-corrected chi connectivity index (χ0v) is 18.3. The maximum absolute atomic E-state index is 12.2. The number of nitrogens with zero attached hydrogens (tertiary/aromatic N) is 2. The average Bonchev–Trinajstić information content (AvgIpc) is 2.66. The van der Waals surface area contributed by atoms with Crippen molar-refractivity contribution in [1.29, 1.82) is 0 Å². The van der Waals surface area contributed by atoms with Crippen LogP contribution in [0, 0.1) is 10.1 Å². The Morgan fingerprint density at radius 2 is 1.89 bits per heavy atom. The van der Waals surface area contributed by atoms with Crippen LogP contribution in [0.15, 0.2) is 58.4 Å². The molecule has 2 aromatic rings. The van der Waals surface area contributed by atoms with E-state index in [0.717, 1.165) is 18.2 Å². The third-order valence-electron chi connectivity index (χ3n) is 3.66. The van der Waals surface area contributed by atoms with Crippen LogP contribution < -0.4 is 15.8 Å². The van der Waals surface area contributed by atoms with E-state index in [2.05, 4.69) is 22.0 Å². The van der Waals surface area contributed by atoms with Crippen molar-refractivity contribution in [3.05, 3.63) is 64.2 Å². The average molecular weight is 519 g/mol. The molecule has 4 N–H and O–H groups in total. The first kappa shape index (κ1) is 23.8. The number of hydrogen-bond acceptors (Lipinski definition) is 5. The van der Waals surface area contributed by atoms with Crippen LogP contribution in [-0.4, -0.2) is 32.4 Å². The van der Waals surface area contributed by atoms with Crippen LogP contribution >= 0.6 is 24.0 Å². The van der Waals surface area contributed by atoms with E-state index in [-0.39, 0.29) is 53.6 Å². The van der Waals surface area contributed by atoms with Crippen LogP contribution in [-0.2, 0) is 16.4 Å². The zero-order chi connectivity index (χ0) is 19.9. The van der Waals surface area contributed by atoms with Crippen molar-refractivity contribution in [3.8, 4) is 0 Å². The predicted molar refractivity (Wildman–Crippen MR) is 120 cm³/mol. The lowest BCUT2D eigenvalue weighted by Crippen LogP contribution is -2.28. The molecular weight excluding hydrogens is 497 g/mol. The van der Waals surface area contributed by atoms with E-state index in [0.29, 0.717) is 0 Å². The van der Waals surface area contributed by atoms with Gasteiger partial charge in [0.25, 0.3) is 5.69 Å². The van der Waals surface area contributed by atoms with Gasteiger partial charge in [-0.25, -0.2) is 13.1 Å². The number of sulfonamides is 1. The van der Waals surface area contributed by atoms with Gasteiger partial charge in [0.15, 0.2) is 5.96 Å². The number of guanidine groups is 1.